The van der Waals surface area contributed by atoms with Crippen LogP contribution in [0.4, 0.5) is 0 Å². The quantitative estimate of drug-likeness (QED) is 0.758. The third kappa shape index (κ3) is 4.86. The van der Waals surface area contributed by atoms with Crippen LogP contribution >= 0.6 is 0 Å². The zero-order valence-electron chi connectivity index (χ0n) is 15.8. The summed E-state index contributed by atoms with van der Waals surface area (Å²) in [5.74, 6) is 1.75. The first kappa shape index (κ1) is 18.9. The van der Waals surface area contributed by atoms with Gasteiger partial charge < -0.3 is 19.0 Å². The van der Waals surface area contributed by atoms with Crippen LogP contribution in [0.15, 0.2) is 16.5 Å². The predicted octanol–water partition coefficient (Wildman–Crippen LogP) is 1.12. The number of hydrogen-bond donors (Lipinski definition) is 0. The van der Waals surface area contributed by atoms with Crippen LogP contribution in [0, 0.1) is 12.8 Å². The molecule has 0 radical (unpaired) electrons. The highest BCUT2D eigenvalue weighted by Crippen LogP contribution is 2.21. The smallest absolute Gasteiger partial charge is 0.227 e. The van der Waals surface area contributed by atoms with Crippen LogP contribution in [0.2, 0.25) is 0 Å². The van der Waals surface area contributed by atoms with Gasteiger partial charge in [0.05, 0.1) is 25.7 Å². The molecule has 0 N–H and O–H groups in total. The summed E-state index contributed by atoms with van der Waals surface area (Å²) in [6, 6.07) is 3.80. The standard InChI is InChI=1S/C19H29N3O4/c1-15-3-5-17(26-15)14-20(2)19(24)16-4-6-18(23)22(13-16)8-7-21-9-11-25-12-10-21/h3,5,16H,4,6-14H2,1-2H3/t16-/m1/s1. The minimum Gasteiger partial charge on any atom is -0.464 e. The number of nitrogens with zero attached hydrogens (tertiary/aromatic N) is 3. The van der Waals surface area contributed by atoms with Crippen LogP contribution in [0.1, 0.15) is 24.4 Å². The molecule has 0 spiro atoms. The van der Waals surface area contributed by atoms with Gasteiger partial charge in [0.25, 0.3) is 0 Å². The molecule has 7 heteroatoms. The SMILES string of the molecule is Cc1ccc(CN(C)C(=O)[C@@H]2CCC(=O)N(CCN3CCOCC3)C2)o1. The fourth-order valence-electron chi connectivity index (χ4n) is 3.61. The van der Waals surface area contributed by atoms with Gasteiger partial charge in [-0.25, -0.2) is 0 Å². The Labute approximate surface area is 154 Å². The summed E-state index contributed by atoms with van der Waals surface area (Å²) in [6.45, 7) is 7.74. The molecule has 0 unspecified atom stereocenters. The van der Waals surface area contributed by atoms with E-state index in [1.54, 1.807) is 11.9 Å². The van der Waals surface area contributed by atoms with Crippen molar-refractivity contribution in [3.05, 3.63) is 23.7 Å². The van der Waals surface area contributed by atoms with Gasteiger partial charge in [-0.3, -0.25) is 14.5 Å². The number of carbonyl (C=O) groups is 2. The number of aryl methyl sites for hydroxylation is 1. The third-order valence-electron chi connectivity index (χ3n) is 5.20. The first-order chi connectivity index (χ1) is 12.5. The van der Waals surface area contributed by atoms with Crippen LogP contribution in [0.3, 0.4) is 0 Å². The maximum atomic E-state index is 12.8. The Morgan fingerprint density at radius 3 is 2.73 bits per heavy atom. The largest absolute Gasteiger partial charge is 0.464 e. The minimum atomic E-state index is -0.126. The molecule has 0 aliphatic carbocycles. The summed E-state index contributed by atoms with van der Waals surface area (Å²) in [6.07, 6.45) is 1.08. The van der Waals surface area contributed by atoms with Crippen LogP contribution < -0.4 is 0 Å². The van der Waals surface area contributed by atoms with Crippen molar-refractivity contribution in [2.75, 3.05) is 53.0 Å². The normalized spacial score (nSPS) is 21.8. The number of ether oxygens (including phenoxy) is 1. The van der Waals surface area contributed by atoms with E-state index >= 15 is 0 Å². The van der Waals surface area contributed by atoms with Crippen molar-refractivity contribution in [2.45, 2.75) is 26.3 Å². The van der Waals surface area contributed by atoms with E-state index in [2.05, 4.69) is 4.90 Å². The summed E-state index contributed by atoms with van der Waals surface area (Å²) >= 11 is 0. The van der Waals surface area contributed by atoms with Gasteiger partial charge in [-0.05, 0) is 25.5 Å². The number of rotatable bonds is 6. The average Bonchev–Trinajstić information content (AvgIpc) is 3.06. The molecule has 3 heterocycles. The van der Waals surface area contributed by atoms with E-state index in [0.717, 1.165) is 44.4 Å². The zero-order chi connectivity index (χ0) is 18.5. The van der Waals surface area contributed by atoms with E-state index in [1.165, 1.54) is 0 Å². The van der Waals surface area contributed by atoms with E-state index in [9.17, 15) is 9.59 Å². The van der Waals surface area contributed by atoms with Gasteiger partial charge in [0, 0.05) is 46.2 Å². The zero-order valence-corrected chi connectivity index (χ0v) is 15.8. The van der Waals surface area contributed by atoms with Gasteiger partial charge in [0.15, 0.2) is 0 Å². The summed E-state index contributed by atoms with van der Waals surface area (Å²) in [7, 11) is 1.80. The van der Waals surface area contributed by atoms with Crippen molar-refractivity contribution in [3.8, 4) is 0 Å². The topological polar surface area (TPSA) is 66.2 Å². The molecule has 0 aromatic carbocycles. The Morgan fingerprint density at radius 1 is 1.27 bits per heavy atom. The molecular formula is C19H29N3O4. The Hall–Kier alpha value is -1.86. The van der Waals surface area contributed by atoms with Gasteiger partial charge in [0.2, 0.25) is 11.8 Å². The first-order valence-corrected chi connectivity index (χ1v) is 9.41. The van der Waals surface area contributed by atoms with Crippen molar-refractivity contribution in [1.29, 1.82) is 0 Å². The second-order valence-corrected chi connectivity index (χ2v) is 7.24. The summed E-state index contributed by atoms with van der Waals surface area (Å²) < 4.78 is 10.9. The van der Waals surface area contributed by atoms with Crippen molar-refractivity contribution in [1.82, 2.24) is 14.7 Å². The summed E-state index contributed by atoms with van der Waals surface area (Å²) in [4.78, 5) is 30.9. The van der Waals surface area contributed by atoms with Crippen LogP contribution in [-0.2, 0) is 20.9 Å². The predicted molar refractivity (Wildman–Crippen MR) is 96.5 cm³/mol. The lowest BCUT2D eigenvalue weighted by Gasteiger charge is -2.35. The highest BCUT2D eigenvalue weighted by atomic mass is 16.5. The fourth-order valence-corrected chi connectivity index (χ4v) is 3.61. The molecule has 2 amide bonds. The molecule has 2 saturated heterocycles. The minimum absolute atomic E-state index is 0.0860. The number of amides is 2. The molecule has 1 aromatic heterocycles. The molecule has 7 nitrogen and oxygen atoms in total. The van der Waals surface area contributed by atoms with Gasteiger partial charge >= 0.3 is 0 Å². The van der Waals surface area contributed by atoms with Crippen molar-refractivity contribution in [3.63, 3.8) is 0 Å². The maximum Gasteiger partial charge on any atom is 0.227 e. The Bertz CT molecular complexity index is 624. The van der Waals surface area contributed by atoms with E-state index < -0.39 is 0 Å². The molecule has 2 aliphatic heterocycles. The van der Waals surface area contributed by atoms with Crippen LogP contribution in [0.5, 0.6) is 0 Å². The molecule has 144 valence electrons. The van der Waals surface area contributed by atoms with Gasteiger partial charge in [-0.1, -0.05) is 0 Å². The van der Waals surface area contributed by atoms with Crippen molar-refractivity contribution < 1.29 is 18.7 Å². The highest BCUT2D eigenvalue weighted by molar-refractivity contribution is 5.83. The lowest BCUT2D eigenvalue weighted by Crippen LogP contribution is -2.49. The second-order valence-electron chi connectivity index (χ2n) is 7.24. The van der Waals surface area contributed by atoms with Gasteiger partial charge in [-0.15, -0.1) is 0 Å². The summed E-state index contributed by atoms with van der Waals surface area (Å²) in [5.41, 5.74) is 0. The fraction of sp³-hybridized carbons (Fsp3) is 0.684. The third-order valence-corrected chi connectivity index (χ3v) is 5.20. The number of morpholine rings is 1. The van der Waals surface area contributed by atoms with Crippen LogP contribution in [0.25, 0.3) is 0 Å². The molecule has 2 fully saturated rings. The highest BCUT2D eigenvalue weighted by Gasteiger charge is 2.32. The molecule has 1 aromatic rings. The monoisotopic (exact) mass is 363 g/mol. The van der Waals surface area contributed by atoms with E-state index in [1.807, 2.05) is 24.0 Å². The number of likely N-dealkylation sites (tertiary alicyclic amines) is 1. The lowest BCUT2D eigenvalue weighted by molar-refractivity contribution is -0.143. The molecule has 26 heavy (non-hydrogen) atoms. The van der Waals surface area contributed by atoms with Crippen molar-refractivity contribution >= 4 is 11.8 Å². The number of hydrogen-bond acceptors (Lipinski definition) is 5. The molecule has 1 atom stereocenters. The first-order valence-electron chi connectivity index (χ1n) is 9.41. The average molecular weight is 363 g/mol. The Kier molecular flexibility index (Phi) is 6.32. The Balaban J connectivity index is 1.50. The number of furan rings is 1. The molecular weight excluding hydrogens is 334 g/mol. The second kappa shape index (κ2) is 8.68. The van der Waals surface area contributed by atoms with E-state index in [0.29, 0.717) is 32.5 Å². The number of carbonyl (C=O) groups excluding carboxylic acids is 2. The van der Waals surface area contributed by atoms with Gasteiger partial charge in [0.1, 0.15) is 11.5 Å². The summed E-state index contributed by atoms with van der Waals surface area (Å²) in [5, 5.41) is 0. The lowest BCUT2D eigenvalue weighted by atomic mass is 9.96. The number of piperidine rings is 1. The Morgan fingerprint density at radius 2 is 2.04 bits per heavy atom. The molecule has 0 saturated carbocycles. The van der Waals surface area contributed by atoms with E-state index in [4.69, 9.17) is 9.15 Å². The van der Waals surface area contributed by atoms with Crippen molar-refractivity contribution in [2.24, 2.45) is 5.92 Å². The molecule has 2 aliphatic rings. The van der Waals surface area contributed by atoms with Crippen LogP contribution in [-0.4, -0.2) is 79.5 Å². The maximum absolute atomic E-state index is 12.8. The molecule has 0 bridgehead atoms. The van der Waals surface area contributed by atoms with E-state index in [-0.39, 0.29) is 17.7 Å². The van der Waals surface area contributed by atoms with Gasteiger partial charge in [-0.2, -0.15) is 0 Å². The molecule has 3 rings (SSSR count).